The fourth-order valence-corrected chi connectivity index (χ4v) is 1.97. The molecule has 0 heterocycles. The molecule has 1 amide bonds. The molecule has 3 nitrogen and oxygen atoms in total. The third-order valence-corrected chi connectivity index (χ3v) is 3.35. The fourth-order valence-electron chi connectivity index (χ4n) is 1.97. The van der Waals surface area contributed by atoms with Gasteiger partial charge in [-0.3, -0.25) is 0 Å². The molecule has 0 atom stereocenters. The second kappa shape index (κ2) is 10.3. The van der Waals surface area contributed by atoms with Gasteiger partial charge in [-0.15, -0.1) is 18.9 Å². The van der Waals surface area contributed by atoms with Crippen LogP contribution in [0.4, 0.5) is 4.79 Å². The zero-order valence-corrected chi connectivity index (χ0v) is 14.7. The summed E-state index contributed by atoms with van der Waals surface area (Å²) < 4.78 is 5.21. The lowest BCUT2D eigenvalue weighted by atomic mass is 9.93. The van der Waals surface area contributed by atoms with E-state index in [9.17, 15) is 4.79 Å². The van der Waals surface area contributed by atoms with Crippen LogP contribution in [0.5, 0.6) is 0 Å². The number of rotatable bonds is 9. The number of carbonyl (C=O) groups excluding carboxylic acids is 1. The molecule has 0 aliphatic rings. The Labute approximate surface area is 145 Å². The minimum absolute atomic E-state index is 0.223. The lowest BCUT2D eigenvalue weighted by molar-refractivity contribution is 0.137. The number of hydrogen-bond donors (Lipinski definition) is 1. The summed E-state index contributed by atoms with van der Waals surface area (Å²) in [5.41, 5.74) is 5.17. The average Bonchev–Trinajstić information content (AvgIpc) is 2.57. The molecule has 0 spiro atoms. The number of carbonyl (C=O) groups is 1. The van der Waals surface area contributed by atoms with Crippen LogP contribution < -0.4 is 5.32 Å². The molecule has 0 radical (unpaired) electrons. The Morgan fingerprint density at radius 2 is 1.83 bits per heavy atom. The second-order valence-corrected chi connectivity index (χ2v) is 6.28. The Bertz CT molecular complexity index is 596. The lowest BCUT2D eigenvalue weighted by Gasteiger charge is -2.19. The minimum atomic E-state index is -0.415. The van der Waals surface area contributed by atoms with Crippen molar-refractivity contribution in [3.8, 4) is 0 Å². The molecular formula is C21H27NO2. The van der Waals surface area contributed by atoms with Gasteiger partial charge in [0.1, 0.15) is 6.61 Å². The predicted octanol–water partition coefficient (Wildman–Crippen LogP) is 5.17. The highest BCUT2D eigenvalue weighted by Crippen LogP contribution is 2.16. The molecule has 3 heteroatoms. The van der Waals surface area contributed by atoms with E-state index < -0.39 is 6.09 Å². The van der Waals surface area contributed by atoms with E-state index in [0.29, 0.717) is 6.54 Å². The number of benzene rings is 1. The van der Waals surface area contributed by atoms with Crippen LogP contribution >= 0.6 is 0 Å². The van der Waals surface area contributed by atoms with Crippen LogP contribution in [0.25, 0.3) is 0 Å². The summed E-state index contributed by atoms with van der Waals surface area (Å²) in [6.07, 6.45) is 6.84. The van der Waals surface area contributed by atoms with Gasteiger partial charge in [-0.1, -0.05) is 56.3 Å². The first-order valence-electron chi connectivity index (χ1n) is 8.09. The standard InChI is InChI=1S/C21H27NO2/c1-5-10-18(11-6-2)14-15-21(3,4)17-22-20(23)24-16-19-12-8-7-9-13-19/h5-9,12-13,15H,1-2,10-11,16-17H2,3-4H3,(H,22,23). The van der Waals surface area contributed by atoms with Crippen LogP contribution in [0.15, 0.2) is 73.0 Å². The van der Waals surface area contributed by atoms with Gasteiger partial charge in [0.15, 0.2) is 0 Å². The van der Waals surface area contributed by atoms with E-state index in [1.54, 1.807) is 0 Å². The van der Waals surface area contributed by atoms with Crippen molar-refractivity contribution in [1.29, 1.82) is 0 Å². The Morgan fingerprint density at radius 3 is 2.42 bits per heavy atom. The van der Waals surface area contributed by atoms with Crippen molar-refractivity contribution < 1.29 is 9.53 Å². The molecule has 0 saturated carbocycles. The molecule has 1 aromatic carbocycles. The first-order chi connectivity index (χ1) is 11.5. The first-order valence-corrected chi connectivity index (χ1v) is 8.09. The van der Waals surface area contributed by atoms with Gasteiger partial charge in [-0.2, -0.15) is 0 Å². The smallest absolute Gasteiger partial charge is 0.407 e. The highest BCUT2D eigenvalue weighted by atomic mass is 16.5. The maximum Gasteiger partial charge on any atom is 0.407 e. The SMILES string of the molecule is C=CCC(=C=CC(C)(C)CNC(=O)OCc1ccccc1)CC=C. The average molecular weight is 325 g/mol. The molecule has 1 aromatic rings. The minimum Gasteiger partial charge on any atom is -0.445 e. The van der Waals surface area contributed by atoms with Crippen molar-refractivity contribution >= 4 is 6.09 Å². The van der Waals surface area contributed by atoms with Crippen LogP contribution in [0.1, 0.15) is 32.3 Å². The highest BCUT2D eigenvalue weighted by molar-refractivity contribution is 5.67. The molecule has 0 saturated heterocycles. The molecule has 0 bridgehead atoms. The van der Waals surface area contributed by atoms with Crippen LogP contribution in [-0.4, -0.2) is 12.6 Å². The van der Waals surface area contributed by atoms with Crippen LogP contribution in [0.2, 0.25) is 0 Å². The molecule has 1 N–H and O–H groups in total. The number of amides is 1. The molecule has 0 unspecified atom stereocenters. The zero-order chi connectivity index (χ0) is 17.8. The quantitative estimate of drug-likeness (QED) is 0.502. The van der Waals surface area contributed by atoms with E-state index in [2.05, 4.69) is 24.2 Å². The zero-order valence-electron chi connectivity index (χ0n) is 14.7. The van der Waals surface area contributed by atoms with Crippen LogP contribution in [0.3, 0.4) is 0 Å². The monoisotopic (exact) mass is 325 g/mol. The summed E-state index contributed by atoms with van der Waals surface area (Å²) in [6.45, 7) is 12.3. The number of nitrogens with one attached hydrogen (secondary N) is 1. The predicted molar refractivity (Wildman–Crippen MR) is 99.6 cm³/mol. The van der Waals surface area contributed by atoms with Gasteiger partial charge >= 0.3 is 6.09 Å². The summed E-state index contributed by atoms with van der Waals surface area (Å²) in [4.78, 5) is 11.8. The van der Waals surface area contributed by atoms with Crippen molar-refractivity contribution in [2.45, 2.75) is 33.3 Å². The molecule has 0 aromatic heterocycles. The normalized spacial score (nSPS) is 10.2. The summed E-state index contributed by atoms with van der Waals surface area (Å²) >= 11 is 0. The number of allylic oxidation sites excluding steroid dienone is 2. The van der Waals surface area contributed by atoms with Gasteiger partial charge in [0.05, 0.1) is 0 Å². The van der Waals surface area contributed by atoms with E-state index in [1.807, 2.05) is 62.4 Å². The summed E-state index contributed by atoms with van der Waals surface area (Å²) in [7, 11) is 0. The highest BCUT2D eigenvalue weighted by Gasteiger charge is 2.15. The van der Waals surface area contributed by atoms with Crippen molar-refractivity contribution in [3.05, 3.63) is 78.6 Å². The number of ether oxygens (including phenoxy) is 1. The summed E-state index contributed by atoms with van der Waals surface area (Å²) in [6, 6.07) is 9.61. The molecule has 0 aliphatic carbocycles. The van der Waals surface area contributed by atoms with E-state index in [1.165, 1.54) is 0 Å². The van der Waals surface area contributed by atoms with Gasteiger partial charge in [0, 0.05) is 12.0 Å². The lowest BCUT2D eigenvalue weighted by Crippen LogP contribution is -2.33. The second-order valence-electron chi connectivity index (χ2n) is 6.28. The molecular weight excluding hydrogens is 298 g/mol. The summed E-state index contributed by atoms with van der Waals surface area (Å²) in [5.74, 6) is 0. The Kier molecular flexibility index (Phi) is 8.38. The number of hydrogen-bond acceptors (Lipinski definition) is 2. The molecule has 128 valence electrons. The maximum atomic E-state index is 11.8. The van der Waals surface area contributed by atoms with Gasteiger partial charge in [-0.25, -0.2) is 4.79 Å². The Balaban J connectivity index is 2.51. The van der Waals surface area contributed by atoms with Crippen molar-refractivity contribution in [2.75, 3.05) is 6.54 Å². The van der Waals surface area contributed by atoms with E-state index >= 15 is 0 Å². The summed E-state index contributed by atoms with van der Waals surface area (Å²) in [5, 5.41) is 2.80. The Hall–Kier alpha value is -2.51. The third kappa shape index (κ3) is 8.21. The molecule has 1 rings (SSSR count). The van der Waals surface area contributed by atoms with Crippen LogP contribution in [-0.2, 0) is 11.3 Å². The molecule has 0 fully saturated rings. The van der Waals surface area contributed by atoms with Gasteiger partial charge < -0.3 is 10.1 Å². The van der Waals surface area contributed by atoms with Crippen molar-refractivity contribution in [2.24, 2.45) is 5.41 Å². The van der Waals surface area contributed by atoms with Gasteiger partial charge in [-0.05, 0) is 30.1 Å². The molecule has 0 aliphatic heterocycles. The van der Waals surface area contributed by atoms with Gasteiger partial charge in [0.25, 0.3) is 0 Å². The fraction of sp³-hybridized carbons (Fsp3) is 0.333. The topological polar surface area (TPSA) is 38.3 Å². The Morgan fingerprint density at radius 1 is 1.21 bits per heavy atom. The largest absolute Gasteiger partial charge is 0.445 e. The van der Waals surface area contributed by atoms with E-state index in [-0.39, 0.29) is 12.0 Å². The third-order valence-electron chi connectivity index (χ3n) is 3.35. The van der Waals surface area contributed by atoms with Crippen molar-refractivity contribution in [3.63, 3.8) is 0 Å². The van der Waals surface area contributed by atoms with E-state index in [4.69, 9.17) is 4.74 Å². The van der Waals surface area contributed by atoms with Crippen LogP contribution in [0, 0.1) is 5.41 Å². The number of alkyl carbamates (subject to hydrolysis) is 1. The molecule has 24 heavy (non-hydrogen) atoms. The maximum absolute atomic E-state index is 11.8. The van der Waals surface area contributed by atoms with E-state index in [0.717, 1.165) is 24.0 Å². The first kappa shape index (κ1) is 19.5. The van der Waals surface area contributed by atoms with Crippen molar-refractivity contribution in [1.82, 2.24) is 5.32 Å². The van der Waals surface area contributed by atoms with Gasteiger partial charge in [0.2, 0.25) is 0 Å².